The summed E-state index contributed by atoms with van der Waals surface area (Å²) in [4.78, 5) is 14.5. The van der Waals surface area contributed by atoms with Crippen LogP contribution in [0, 0.1) is 0 Å². The van der Waals surface area contributed by atoms with Crippen LogP contribution >= 0.6 is 0 Å². The number of nitrogens with zero attached hydrogens (tertiary/aromatic N) is 1. The first kappa shape index (κ1) is 22.4. The fraction of sp³-hybridized carbons (Fsp3) is 0.947. The molecule has 1 saturated carbocycles. The highest BCUT2D eigenvalue weighted by atomic mass is 16.5. The van der Waals surface area contributed by atoms with E-state index in [4.69, 9.17) is 4.74 Å². The van der Waals surface area contributed by atoms with Gasteiger partial charge in [0.1, 0.15) is 6.29 Å². The van der Waals surface area contributed by atoms with Crippen molar-refractivity contribution in [2.24, 2.45) is 0 Å². The molecule has 3 unspecified atom stereocenters. The Kier molecular flexibility index (Phi) is 9.25. The number of amides is 2. The summed E-state index contributed by atoms with van der Waals surface area (Å²) < 4.78 is 5.88. The lowest BCUT2D eigenvalue weighted by atomic mass is 9.93. The molecule has 158 valence electrons. The molecule has 0 bridgehead atoms. The van der Waals surface area contributed by atoms with Gasteiger partial charge in [0.05, 0.1) is 18.4 Å². The molecule has 0 aromatic carbocycles. The molecule has 3 atom stereocenters. The Morgan fingerprint density at radius 2 is 1.85 bits per heavy atom. The molecule has 5 N–H and O–H groups in total. The van der Waals surface area contributed by atoms with Crippen molar-refractivity contribution >= 4 is 6.03 Å². The van der Waals surface area contributed by atoms with Crippen molar-refractivity contribution in [2.45, 2.75) is 89.6 Å². The fourth-order valence-electron chi connectivity index (χ4n) is 3.80. The molecule has 0 spiro atoms. The van der Waals surface area contributed by atoms with E-state index in [-0.39, 0.29) is 30.6 Å². The molecule has 2 aliphatic rings. The van der Waals surface area contributed by atoms with Crippen LogP contribution in [0.5, 0.6) is 0 Å². The highest BCUT2D eigenvalue weighted by Crippen LogP contribution is 2.22. The van der Waals surface area contributed by atoms with Crippen molar-refractivity contribution in [2.75, 3.05) is 27.2 Å². The van der Waals surface area contributed by atoms with Crippen LogP contribution < -0.4 is 26.6 Å². The second-order valence-corrected chi connectivity index (χ2v) is 8.49. The number of urea groups is 1. The zero-order chi connectivity index (χ0) is 19.8. The molecule has 1 saturated heterocycles. The number of hydrogen-bond acceptors (Lipinski definition) is 6. The van der Waals surface area contributed by atoms with Crippen LogP contribution in [-0.4, -0.2) is 74.9 Å². The molecule has 0 aromatic rings. The first-order valence-corrected chi connectivity index (χ1v) is 10.4. The summed E-state index contributed by atoms with van der Waals surface area (Å²) >= 11 is 0. The minimum atomic E-state index is -0.230. The fourth-order valence-corrected chi connectivity index (χ4v) is 3.80. The van der Waals surface area contributed by atoms with Crippen molar-refractivity contribution in [3.63, 3.8) is 0 Å². The van der Waals surface area contributed by atoms with E-state index in [9.17, 15) is 4.79 Å². The topological polar surface area (TPSA) is 89.7 Å². The van der Waals surface area contributed by atoms with E-state index in [1.807, 2.05) is 0 Å². The zero-order valence-corrected chi connectivity index (χ0v) is 17.7. The maximum atomic E-state index is 12.4. The monoisotopic (exact) mass is 384 g/mol. The van der Waals surface area contributed by atoms with Crippen molar-refractivity contribution < 1.29 is 9.53 Å². The van der Waals surface area contributed by atoms with Crippen molar-refractivity contribution in [3.8, 4) is 0 Å². The van der Waals surface area contributed by atoms with Gasteiger partial charge < -0.3 is 25.6 Å². The molecule has 0 aromatic heterocycles. The maximum Gasteiger partial charge on any atom is 0.317 e. The first-order chi connectivity index (χ1) is 12.8. The van der Waals surface area contributed by atoms with Crippen molar-refractivity contribution in [3.05, 3.63) is 0 Å². The number of carbonyl (C=O) groups is 1. The van der Waals surface area contributed by atoms with Crippen LogP contribution in [0.2, 0.25) is 0 Å². The van der Waals surface area contributed by atoms with E-state index in [2.05, 4.69) is 66.4 Å². The molecule has 1 heterocycles. The van der Waals surface area contributed by atoms with Crippen molar-refractivity contribution in [1.29, 1.82) is 0 Å². The highest BCUT2D eigenvalue weighted by Gasteiger charge is 2.27. The third-order valence-electron chi connectivity index (χ3n) is 5.11. The zero-order valence-electron chi connectivity index (χ0n) is 17.7. The number of nitrogens with one attached hydrogen (secondary N) is 5. The summed E-state index contributed by atoms with van der Waals surface area (Å²) in [6.45, 7) is 8.20. The third-order valence-corrected chi connectivity index (χ3v) is 5.11. The predicted molar refractivity (Wildman–Crippen MR) is 108 cm³/mol. The average Bonchev–Trinajstić information content (AvgIpc) is 2.55. The Hall–Kier alpha value is -0.930. The SMILES string of the molecule is CC1CC(NCCN(C)C)NC(NC(=O)NC2CCC(OC(C)C)CC2)N1. The van der Waals surface area contributed by atoms with Crippen LogP contribution in [-0.2, 0) is 4.74 Å². The molecule has 1 aliphatic heterocycles. The molecular formula is C19H40N6O2. The first-order valence-electron chi connectivity index (χ1n) is 10.4. The Labute approximate surface area is 164 Å². The summed E-state index contributed by atoms with van der Waals surface area (Å²) in [6.07, 6.45) is 5.52. The third kappa shape index (κ3) is 8.74. The van der Waals surface area contributed by atoms with Gasteiger partial charge in [0, 0.05) is 25.2 Å². The van der Waals surface area contributed by atoms with Gasteiger partial charge in [0.25, 0.3) is 0 Å². The highest BCUT2D eigenvalue weighted by molar-refractivity contribution is 5.74. The predicted octanol–water partition coefficient (Wildman–Crippen LogP) is 0.754. The Bertz CT molecular complexity index is 440. The van der Waals surface area contributed by atoms with E-state index in [0.29, 0.717) is 12.1 Å². The Balaban J connectivity index is 1.68. The summed E-state index contributed by atoms with van der Waals surface area (Å²) in [5, 5.41) is 16.5. The van der Waals surface area contributed by atoms with Crippen LogP contribution in [0.1, 0.15) is 52.9 Å². The molecular weight excluding hydrogens is 344 g/mol. The molecule has 8 heteroatoms. The van der Waals surface area contributed by atoms with Gasteiger partial charge in [-0.15, -0.1) is 0 Å². The van der Waals surface area contributed by atoms with Gasteiger partial charge in [-0.2, -0.15) is 0 Å². The van der Waals surface area contributed by atoms with Crippen LogP contribution in [0.3, 0.4) is 0 Å². The lowest BCUT2D eigenvalue weighted by Gasteiger charge is -2.37. The van der Waals surface area contributed by atoms with E-state index in [0.717, 1.165) is 45.2 Å². The number of ether oxygens (including phenoxy) is 1. The van der Waals surface area contributed by atoms with E-state index in [1.165, 1.54) is 0 Å². The second kappa shape index (κ2) is 11.2. The lowest BCUT2D eigenvalue weighted by Crippen LogP contribution is -2.68. The van der Waals surface area contributed by atoms with Gasteiger partial charge in [-0.3, -0.25) is 10.6 Å². The molecule has 2 fully saturated rings. The summed E-state index contributed by atoms with van der Waals surface area (Å²) in [6, 6.07) is 0.443. The van der Waals surface area contributed by atoms with Crippen LogP contribution in [0.15, 0.2) is 0 Å². The number of hydrogen-bond donors (Lipinski definition) is 5. The van der Waals surface area contributed by atoms with Gasteiger partial charge in [0.15, 0.2) is 0 Å². The smallest absolute Gasteiger partial charge is 0.317 e. The molecule has 1 aliphatic carbocycles. The van der Waals surface area contributed by atoms with Gasteiger partial charge in [-0.05, 0) is 67.0 Å². The van der Waals surface area contributed by atoms with E-state index >= 15 is 0 Å². The summed E-state index contributed by atoms with van der Waals surface area (Å²) in [7, 11) is 4.13. The minimum absolute atomic E-state index is 0.116. The molecule has 2 rings (SSSR count). The molecule has 8 nitrogen and oxygen atoms in total. The molecule has 27 heavy (non-hydrogen) atoms. The minimum Gasteiger partial charge on any atom is -0.376 e. The van der Waals surface area contributed by atoms with Crippen LogP contribution in [0.25, 0.3) is 0 Å². The summed E-state index contributed by atoms with van der Waals surface area (Å²) in [5.41, 5.74) is 0. The number of carbonyl (C=O) groups excluding carboxylic acids is 1. The lowest BCUT2D eigenvalue weighted by molar-refractivity contribution is -0.0156. The van der Waals surface area contributed by atoms with Gasteiger partial charge in [0.2, 0.25) is 0 Å². The average molecular weight is 385 g/mol. The van der Waals surface area contributed by atoms with Crippen LogP contribution in [0.4, 0.5) is 4.79 Å². The largest absolute Gasteiger partial charge is 0.376 e. The van der Waals surface area contributed by atoms with Gasteiger partial charge in [-0.25, -0.2) is 4.79 Å². The van der Waals surface area contributed by atoms with Gasteiger partial charge in [-0.1, -0.05) is 0 Å². The normalized spacial score (nSPS) is 31.9. The van der Waals surface area contributed by atoms with Gasteiger partial charge >= 0.3 is 6.03 Å². The quantitative estimate of drug-likeness (QED) is 0.424. The molecule has 2 amide bonds. The van der Waals surface area contributed by atoms with Crippen molar-refractivity contribution in [1.82, 2.24) is 31.5 Å². The maximum absolute atomic E-state index is 12.4. The Morgan fingerprint density at radius 1 is 1.15 bits per heavy atom. The number of rotatable bonds is 8. The van der Waals surface area contributed by atoms with E-state index < -0.39 is 0 Å². The number of likely N-dealkylation sites (N-methyl/N-ethyl adjacent to an activating group) is 1. The van der Waals surface area contributed by atoms with E-state index in [1.54, 1.807) is 0 Å². The standard InChI is InChI=1S/C19H40N6O2/c1-13(2)27-16-8-6-15(7-9-16)22-19(26)24-18-21-14(3)12-17(23-18)20-10-11-25(4)5/h13-18,20-21,23H,6-12H2,1-5H3,(H2,22,24,26). The second-order valence-electron chi connectivity index (χ2n) is 8.49. The Morgan fingerprint density at radius 3 is 2.48 bits per heavy atom. The molecule has 0 radical (unpaired) electrons. The summed E-state index contributed by atoms with van der Waals surface area (Å²) in [5.74, 6) is 0.